The molecular formula is C11H9IN2O2. The van der Waals surface area contributed by atoms with Gasteiger partial charge in [0.25, 0.3) is 5.91 Å². The van der Waals surface area contributed by atoms with E-state index in [1.165, 1.54) is 0 Å². The molecule has 2 aliphatic rings. The van der Waals surface area contributed by atoms with Gasteiger partial charge in [0.05, 0.1) is 0 Å². The van der Waals surface area contributed by atoms with E-state index in [0.717, 1.165) is 14.7 Å². The van der Waals surface area contributed by atoms with E-state index in [2.05, 4.69) is 39.3 Å². The molecule has 0 bridgehead atoms. The molecule has 1 atom stereocenters. The van der Waals surface area contributed by atoms with Gasteiger partial charge in [0.2, 0.25) is 0 Å². The van der Waals surface area contributed by atoms with Gasteiger partial charge in [-0.2, -0.15) is 0 Å². The van der Waals surface area contributed by atoms with Crippen molar-refractivity contribution in [2.75, 3.05) is 0 Å². The predicted octanol–water partition coefficient (Wildman–Crippen LogP) is 0.968. The van der Waals surface area contributed by atoms with E-state index >= 15 is 0 Å². The van der Waals surface area contributed by atoms with Crippen molar-refractivity contribution in [2.45, 2.75) is 18.4 Å². The highest BCUT2D eigenvalue weighted by Gasteiger charge is 2.49. The quantitative estimate of drug-likeness (QED) is 0.551. The zero-order chi connectivity index (χ0) is 11.3. The summed E-state index contributed by atoms with van der Waals surface area (Å²) >= 11 is 2.25. The van der Waals surface area contributed by atoms with Crippen LogP contribution in [0.5, 0.6) is 0 Å². The third-order valence-electron chi connectivity index (χ3n) is 3.17. The lowest BCUT2D eigenvalue weighted by atomic mass is 9.96. The molecule has 1 aliphatic carbocycles. The zero-order valence-corrected chi connectivity index (χ0v) is 10.5. The number of halogens is 1. The maximum atomic E-state index is 11.8. The summed E-state index contributed by atoms with van der Waals surface area (Å²) in [7, 11) is 0. The van der Waals surface area contributed by atoms with Crippen LogP contribution >= 0.6 is 22.6 Å². The summed E-state index contributed by atoms with van der Waals surface area (Å²) in [5.74, 6) is -0.205. The van der Waals surface area contributed by atoms with E-state index < -0.39 is 5.54 Å². The molecule has 3 amide bonds. The van der Waals surface area contributed by atoms with Gasteiger partial charge in [-0.1, -0.05) is 6.07 Å². The van der Waals surface area contributed by atoms with Gasteiger partial charge in [0.15, 0.2) is 0 Å². The highest BCUT2D eigenvalue weighted by Crippen LogP contribution is 2.33. The number of benzene rings is 1. The number of carbonyl (C=O) groups is 2. The first-order valence-electron chi connectivity index (χ1n) is 5.00. The second-order valence-corrected chi connectivity index (χ2v) is 5.50. The Labute approximate surface area is 106 Å². The van der Waals surface area contributed by atoms with E-state index in [-0.39, 0.29) is 11.9 Å². The van der Waals surface area contributed by atoms with Crippen LogP contribution in [0.25, 0.3) is 0 Å². The number of fused-ring (bicyclic) bond motifs is 1. The van der Waals surface area contributed by atoms with E-state index in [9.17, 15) is 9.59 Å². The van der Waals surface area contributed by atoms with Gasteiger partial charge in [-0.3, -0.25) is 10.1 Å². The van der Waals surface area contributed by atoms with Gasteiger partial charge in [-0.05, 0) is 45.9 Å². The lowest BCUT2D eigenvalue weighted by Gasteiger charge is -2.18. The van der Waals surface area contributed by atoms with Crippen molar-refractivity contribution in [3.63, 3.8) is 0 Å². The minimum absolute atomic E-state index is 0.205. The summed E-state index contributed by atoms with van der Waals surface area (Å²) in [5, 5.41) is 5.05. The monoisotopic (exact) mass is 328 g/mol. The van der Waals surface area contributed by atoms with Crippen LogP contribution in [0.15, 0.2) is 18.2 Å². The fraction of sp³-hybridized carbons (Fsp3) is 0.273. The van der Waals surface area contributed by atoms with Crippen molar-refractivity contribution in [2.24, 2.45) is 0 Å². The molecule has 1 aromatic carbocycles. The second kappa shape index (κ2) is 3.19. The van der Waals surface area contributed by atoms with Crippen LogP contribution in [-0.2, 0) is 17.6 Å². The number of amides is 3. The first-order valence-corrected chi connectivity index (χ1v) is 6.08. The number of urea groups is 1. The largest absolute Gasteiger partial charge is 0.323 e. The number of nitrogens with one attached hydrogen (secondary N) is 2. The van der Waals surface area contributed by atoms with Crippen LogP contribution in [-0.4, -0.2) is 17.5 Å². The fourth-order valence-electron chi connectivity index (χ4n) is 2.42. The smallest absolute Gasteiger partial charge is 0.322 e. The molecule has 16 heavy (non-hydrogen) atoms. The molecule has 5 heteroatoms. The third-order valence-corrected chi connectivity index (χ3v) is 3.84. The van der Waals surface area contributed by atoms with Gasteiger partial charge in [-0.25, -0.2) is 4.79 Å². The Kier molecular flexibility index (Phi) is 2.01. The molecule has 4 nitrogen and oxygen atoms in total. The Morgan fingerprint density at radius 1 is 1.19 bits per heavy atom. The van der Waals surface area contributed by atoms with Gasteiger partial charge in [0.1, 0.15) is 5.54 Å². The molecule has 0 radical (unpaired) electrons. The molecule has 1 heterocycles. The molecule has 3 rings (SSSR count). The van der Waals surface area contributed by atoms with Crippen molar-refractivity contribution in [3.8, 4) is 0 Å². The summed E-state index contributed by atoms with van der Waals surface area (Å²) in [4.78, 5) is 23.0. The van der Waals surface area contributed by atoms with E-state index in [4.69, 9.17) is 0 Å². The lowest BCUT2D eigenvalue weighted by molar-refractivity contribution is -0.123. The van der Waals surface area contributed by atoms with Crippen LogP contribution in [0.3, 0.4) is 0 Å². The molecule has 1 saturated heterocycles. The molecule has 1 aromatic rings. The summed E-state index contributed by atoms with van der Waals surface area (Å²) in [5.41, 5.74) is 1.58. The summed E-state index contributed by atoms with van der Waals surface area (Å²) in [6, 6.07) is 5.74. The molecule has 0 saturated carbocycles. The normalized spacial score (nSPS) is 26.8. The number of carbonyl (C=O) groups excluding carboxylic acids is 2. The number of hydrogen-bond acceptors (Lipinski definition) is 2. The Morgan fingerprint density at radius 3 is 2.62 bits per heavy atom. The van der Waals surface area contributed by atoms with Crippen LogP contribution in [0.4, 0.5) is 4.79 Å². The highest BCUT2D eigenvalue weighted by atomic mass is 127. The number of imide groups is 1. The molecular weight excluding hydrogens is 319 g/mol. The number of rotatable bonds is 0. The molecule has 1 fully saturated rings. The highest BCUT2D eigenvalue weighted by molar-refractivity contribution is 14.1. The maximum absolute atomic E-state index is 11.8. The summed E-state index contributed by atoms with van der Waals surface area (Å²) in [6.45, 7) is 0. The molecule has 2 N–H and O–H groups in total. The van der Waals surface area contributed by atoms with E-state index in [1.54, 1.807) is 0 Å². The topological polar surface area (TPSA) is 58.2 Å². The Hall–Kier alpha value is -1.11. The minimum Gasteiger partial charge on any atom is -0.323 e. The van der Waals surface area contributed by atoms with E-state index in [0.29, 0.717) is 12.8 Å². The van der Waals surface area contributed by atoms with Crippen LogP contribution in [0.1, 0.15) is 11.1 Å². The van der Waals surface area contributed by atoms with Crippen LogP contribution in [0.2, 0.25) is 0 Å². The number of hydrogen-bond donors (Lipinski definition) is 2. The molecule has 1 unspecified atom stereocenters. The molecule has 0 aromatic heterocycles. The Balaban J connectivity index is 2.01. The Morgan fingerprint density at radius 2 is 1.94 bits per heavy atom. The average Bonchev–Trinajstić information content (AvgIpc) is 2.67. The second-order valence-electron chi connectivity index (χ2n) is 4.26. The molecule has 1 aliphatic heterocycles. The van der Waals surface area contributed by atoms with Crippen molar-refractivity contribution < 1.29 is 9.59 Å². The van der Waals surface area contributed by atoms with Gasteiger partial charge in [0, 0.05) is 16.4 Å². The van der Waals surface area contributed by atoms with Crippen molar-refractivity contribution in [3.05, 3.63) is 32.9 Å². The van der Waals surface area contributed by atoms with Crippen molar-refractivity contribution >= 4 is 34.5 Å². The van der Waals surface area contributed by atoms with Crippen molar-refractivity contribution in [1.29, 1.82) is 0 Å². The Bertz CT molecular complexity index is 515. The molecule has 1 spiro atoms. The first-order chi connectivity index (χ1) is 7.59. The lowest BCUT2D eigenvalue weighted by Crippen LogP contribution is -2.47. The average molecular weight is 328 g/mol. The van der Waals surface area contributed by atoms with Crippen molar-refractivity contribution in [1.82, 2.24) is 10.6 Å². The summed E-state index contributed by atoms with van der Waals surface area (Å²) < 4.78 is 1.15. The van der Waals surface area contributed by atoms with E-state index in [1.807, 2.05) is 12.1 Å². The standard InChI is InChI=1S/C11H9IN2O2/c12-8-2-1-6-4-11(5-7(6)3-8)9(15)13-10(16)14-11/h1-3H,4-5H2,(H2,13,14,15,16). The third kappa shape index (κ3) is 1.34. The van der Waals surface area contributed by atoms with Gasteiger partial charge < -0.3 is 5.32 Å². The van der Waals surface area contributed by atoms with Crippen LogP contribution in [0, 0.1) is 3.57 Å². The first kappa shape index (κ1) is 10.1. The fourth-order valence-corrected chi connectivity index (χ4v) is 2.98. The minimum atomic E-state index is -0.732. The van der Waals surface area contributed by atoms with Gasteiger partial charge in [-0.15, -0.1) is 0 Å². The predicted molar refractivity (Wildman–Crippen MR) is 66.0 cm³/mol. The molecule has 82 valence electrons. The zero-order valence-electron chi connectivity index (χ0n) is 8.34. The SMILES string of the molecule is O=C1NC(=O)C2(Cc3ccc(I)cc3C2)N1. The van der Waals surface area contributed by atoms with Crippen LogP contribution < -0.4 is 10.6 Å². The van der Waals surface area contributed by atoms with Gasteiger partial charge >= 0.3 is 6.03 Å². The summed E-state index contributed by atoms with van der Waals surface area (Å²) in [6.07, 6.45) is 1.19. The maximum Gasteiger partial charge on any atom is 0.322 e.